The van der Waals surface area contributed by atoms with Crippen molar-refractivity contribution in [2.75, 3.05) is 13.2 Å². The van der Waals surface area contributed by atoms with Crippen LogP contribution in [0.15, 0.2) is 0 Å². The highest BCUT2D eigenvalue weighted by atomic mass is 16.5. The lowest BCUT2D eigenvalue weighted by Gasteiger charge is -2.16. The fourth-order valence-corrected chi connectivity index (χ4v) is 1.80. The van der Waals surface area contributed by atoms with Crippen LogP contribution in [0.2, 0.25) is 0 Å². The monoisotopic (exact) mass is 172 g/mol. The van der Waals surface area contributed by atoms with Crippen LogP contribution in [0, 0.1) is 11.8 Å². The second kappa shape index (κ2) is 3.32. The van der Waals surface area contributed by atoms with Gasteiger partial charge in [-0.15, -0.1) is 0 Å². The molecule has 0 aromatic rings. The number of aliphatic hydroxyl groups is 2. The maximum Gasteiger partial charge on any atom is 0.0824 e. The smallest absolute Gasteiger partial charge is 0.0824 e. The Morgan fingerprint density at radius 2 is 2.08 bits per heavy atom. The zero-order chi connectivity index (χ0) is 8.55. The van der Waals surface area contributed by atoms with Crippen LogP contribution < -0.4 is 0 Å². The van der Waals surface area contributed by atoms with Crippen LogP contribution >= 0.6 is 0 Å². The van der Waals surface area contributed by atoms with Gasteiger partial charge in [-0.2, -0.15) is 0 Å². The van der Waals surface area contributed by atoms with Crippen LogP contribution in [0.4, 0.5) is 0 Å². The van der Waals surface area contributed by atoms with E-state index in [-0.39, 0.29) is 18.1 Å². The Kier molecular flexibility index (Phi) is 2.35. The molecule has 2 fully saturated rings. The van der Waals surface area contributed by atoms with Gasteiger partial charge in [0.05, 0.1) is 25.4 Å². The van der Waals surface area contributed by atoms with E-state index < -0.39 is 0 Å². The van der Waals surface area contributed by atoms with Gasteiger partial charge >= 0.3 is 0 Å². The third-order valence-electron chi connectivity index (χ3n) is 2.88. The van der Waals surface area contributed by atoms with Crippen LogP contribution in [0.3, 0.4) is 0 Å². The minimum atomic E-state index is -0.349. The minimum Gasteiger partial charge on any atom is -0.393 e. The predicted molar refractivity (Wildman–Crippen MR) is 43.7 cm³/mol. The molecule has 2 N–H and O–H groups in total. The molecule has 2 aliphatic rings. The normalized spacial score (nSPS) is 38.5. The first-order valence-electron chi connectivity index (χ1n) is 4.71. The molecule has 12 heavy (non-hydrogen) atoms. The molecule has 1 saturated carbocycles. The third-order valence-corrected chi connectivity index (χ3v) is 2.88. The Hall–Kier alpha value is -0.120. The molecule has 3 nitrogen and oxygen atoms in total. The molecule has 1 aliphatic heterocycles. The number of aliphatic hydroxyl groups excluding tert-OH is 2. The Bertz CT molecular complexity index is 156. The first-order chi connectivity index (χ1) is 5.77. The summed E-state index contributed by atoms with van der Waals surface area (Å²) >= 11 is 0. The molecule has 0 radical (unpaired) electrons. The summed E-state index contributed by atoms with van der Waals surface area (Å²) in [6, 6.07) is 0. The van der Waals surface area contributed by atoms with Gasteiger partial charge < -0.3 is 14.9 Å². The molecular formula is C9H16O3. The van der Waals surface area contributed by atoms with Crippen LogP contribution in [-0.4, -0.2) is 35.6 Å². The first-order valence-corrected chi connectivity index (χ1v) is 4.71. The molecule has 70 valence electrons. The molecule has 1 heterocycles. The Morgan fingerprint density at radius 3 is 2.58 bits per heavy atom. The molecule has 0 aromatic heterocycles. The van der Waals surface area contributed by atoms with E-state index in [1.807, 2.05) is 0 Å². The van der Waals surface area contributed by atoms with E-state index in [9.17, 15) is 10.2 Å². The minimum absolute atomic E-state index is 0.167. The van der Waals surface area contributed by atoms with E-state index in [4.69, 9.17) is 4.74 Å². The predicted octanol–water partition coefficient (Wildman–Crippen LogP) is 0.155. The van der Waals surface area contributed by atoms with Crippen molar-refractivity contribution in [3.8, 4) is 0 Å². The number of hydrogen-bond donors (Lipinski definition) is 2. The standard InChI is InChI=1S/C9H16O3/c10-8(6-1-2-6)3-7-4-12-5-9(7)11/h6-11H,1-5H2. The molecule has 1 aliphatic carbocycles. The van der Waals surface area contributed by atoms with Gasteiger partial charge in [-0.3, -0.25) is 0 Å². The van der Waals surface area contributed by atoms with Gasteiger partial charge in [0.2, 0.25) is 0 Å². The van der Waals surface area contributed by atoms with Crippen molar-refractivity contribution in [1.82, 2.24) is 0 Å². The topological polar surface area (TPSA) is 49.7 Å². The second-order valence-corrected chi connectivity index (χ2v) is 4.01. The maximum absolute atomic E-state index is 9.60. The highest BCUT2D eigenvalue weighted by Crippen LogP contribution is 2.36. The lowest BCUT2D eigenvalue weighted by molar-refractivity contribution is 0.0778. The van der Waals surface area contributed by atoms with E-state index in [0.29, 0.717) is 25.6 Å². The van der Waals surface area contributed by atoms with E-state index >= 15 is 0 Å². The fourth-order valence-electron chi connectivity index (χ4n) is 1.80. The van der Waals surface area contributed by atoms with Crippen LogP contribution in [0.1, 0.15) is 19.3 Å². The zero-order valence-corrected chi connectivity index (χ0v) is 7.15. The molecule has 0 spiro atoms. The van der Waals surface area contributed by atoms with E-state index in [1.165, 1.54) is 0 Å². The average molecular weight is 172 g/mol. The molecule has 3 atom stereocenters. The Balaban J connectivity index is 1.76. The van der Waals surface area contributed by atoms with Crippen molar-refractivity contribution in [3.05, 3.63) is 0 Å². The summed E-state index contributed by atoms with van der Waals surface area (Å²) in [6.07, 6.45) is 2.48. The van der Waals surface area contributed by atoms with E-state index in [1.54, 1.807) is 0 Å². The van der Waals surface area contributed by atoms with Gasteiger partial charge in [0.25, 0.3) is 0 Å². The summed E-state index contributed by atoms with van der Waals surface area (Å²) in [7, 11) is 0. The number of ether oxygens (including phenoxy) is 1. The van der Waals surface area contributed by atoms with Gasteiger partial charge in [-0.25, -0.2) is 0 Å². The lowest BCUT2D eigenvalue weighted by Crippen LogP contribution is -2.24. The van der Waals surface area contributed by atoms with E-state index in [0.717, 1.165) is 12.8 Å². The molecule has 3 unspecified atom stereocenters. The Labute approximate surface area is 72.3 Å². The van der Waals surface area contributed by atoms with Gasteiger partial charge in [0.15, 0.2) is 0 Å². The quantitative estimate of drug-likeness (QED) is 0.637. The van der Waals surface area contributed by atoms with Crippen molar-refractivity contribution in [3.63, 3.8) is 0 Å². The van der Waals surface area contributed by atoms with Gasteiger partial charge in [0.1, 0.15) is 0 Å². The second-order valence-electron chi connectivity index (χ2n) is 4.01. The third kappa shape index (κ3) is 1.79. The van der Waals surface area contributed by atoms with Crippen molar-refractivity contribution < 1.29 is 14.9 Å². The highest BCUT2D eigenvalue weighted by Gasteiger charge is 2.35. The SMILES string of the molecule is OC(CC1COCC1O)C1CC1. The summed E-state index contributed by atoms with van der Waals surface area (Å²) in [4.78, 5) is 0. The fraction of sp³-hybridized carbons (Fsp3) is 1.00. The Morgan fingerprint density at radius 1 is 1.33 bits per heavy atom. The summed E-state index contributed by atoms with van der Waals surface area (Å²) in [5.74, 6) is 0.679. The molecule has 1 saturated heterocycles. The van der Waals surface area contributed by atoms with Crippen LogP contribution in [-0.2, 0) is 4.74 Å². The van der Waals surface area contributed by atoms with Crippen molar-refractivity contribution in [2.24, 2.45) is 11.8 Å². The van der Waals surface area contributed by atoms with Crippen LogP contribution in [0.25, 0.3) is 0 Å². The molecule has 2 rings (SSSR count). The van der Waals surface area contributed by atoms with Gasteiger partial charge in [-0.05, 0) is 25.2 Å². The van der Waals surface area contributed by atoms with Crippen molar-refractivity contribution in [1.29, 1.82) is 0 Å². The molecule has 3 heteroatoms. The highest BCUT2D eigenvalue weighted by molar-refractivity contribution is 4.85. The summed E-state index contributed by atoms with van der Waals surface area (Å²) in [6.45, 7) is 1.06. The van der Waals surface area contributed by atoms with Gasteiger partial charge in [-0.1, -0.05) is 0 Å². The summed E-state index contributed by atoms with van der Waals surface area (Å²) < 4.78 is 5.11. The number of hydrogen-bond acceptors (Lipinski definition) is 3. The van der Waals surface area contributed by atoms with Gasteiger partial charge in [0, 0.05) is 5.92 Å². The van der Waals surface area contributed by atoms with Crippen molar-refractivity contribution >= 4 is 0 Å². The number of rotatable bonds is 3. The first kappa shape index (κ1) is 8.48. The maximum atomic E-state index is 9.60. The largest absolute Gasteiger partial charge is 0.393 e. The molecular weight excluding hydrogens is 156 g/mol. The van der Waals surface area contributed by atoms with E-state index in [2.05, 4.69) is 0 Å². The molecule has 0 bridgehead atoms. The summed E-state index contributed by atoms with van der Waals surface area (Å²) in [5.41, 5.74) is 0. The average Bonchev–Trinajstić information content (AvgIpc) is 2.80. The lowest BCUT2D eigenvalue weighted by atomic mass is 9.96. The zero-order valence-electron chi connectivity index (χ0n) is 7.15. The molecule has 0 aromatic carbocycles. The van der Waals surface area contributed by atoms with Crippen LogP contribution in [0.5, 0.6) is 0 Å². The molecule has 0 amide bonds. The summed E-state index contributed by atoms with van der Waals surface area (Å²) in [5, 5.41) is 19.0. The van der Waals surface area contributed by atoms with Crippen molar-refractivity contribution in [2.45, 2.75) is 31.5 Å².